The van der Waals surface area contributed by atoms with Gasteiger partial charge in [0.25, 0.3) is 0 Å². The number of thiophene rings is 1. The second kappa shape index (κ2) is 8.87. The lowest BCUT2D eigenvalue weighted by Gasteiger charge is -2.38. The molecular weight excluding hydrogens is 436 g/mol. The van der Waals surface area contributed by atoms with E-state index in [9.17, 15) is 0 Å². The lowest BCUT2D eigenvalue weighted by atomic mass is 9.91. The van der Waals surface area contributed by atoms with Gasteiger partial charge in [0.1, 0.15) is 16.4 Å². The Morgan fingerprint density at radius 3 is 2.73 bits per heavy atom. The minimum atomic E-state index is 0.0737. The molecular formula is C24H32N6O2S. The number of hydrogen-bond acceptors (Lipinski definition) is 8. The molecule has 2 fully saturated rings. The molecule has 1 saturated heterocycles. The number of fused-ring (bicyclic) bond motifs is 3. The van der Waals surface area contributed by atoms with E-state index in [1.54, 1.807) is 16.0 Å². The Morgan fingerprint density at radius 1 is 1.15 bits per heavy atom. The summed E-state index contributed by atoms with van der Waals surface area (Å²) in [4.78, 5) is 9.88. The predicted molar refractivity (Wildman–Crippen MR) is 130 cm³/mol. The fourth-order valence-corrected chi connectivity index (χ4v) is 6.83. The average molecular weight is 469 g/mol. The Bertz CT molecular complexity index is 1130. The van der Waals surface area contributed by atoms with E-state index in [4.69, 9.17) is 20.2 Å². The maximum absolute atomic E-state index is 6.72. The summed E-state index contributed by atoms with van der Waals surface area (Å²) in [5.74, 6) is 2.47. The van der Waals surface area contributed by atoms with Gasteiger partial charge in [0.2, 0.25) is 0 Å². The molecule has 0 bridgehead atoms. The largest absolute Gasteiger partial charge is 0.490 e. The maximum Gasteiger partial charge on any atom is 0.153 e. The van der Waals surface area contributed by atoms with Crippen molar-refractivity contribution in [3.05, 3.63) is 28.8 Å². The second-order valence-corrected chi connectivity index (χ2v) is 10.5. The summed E-state index contributed by atoms with van der Waals surface area (Å²) in [6, 6.07) is 4.73. The highest BCUT2D eigenvalue weighted by atomic mass is 32.1. The molecule has 1 aliphatic heterocycles. The molecule has 1 saturated carbocycles. The zero-order valence-corrected chi connectivity index (χ0v) is 19.9. The van der Waals surface area contributed by atoms with Gasteiger partial charge in [0, 0.05) is 55.4 Å². The number of anilines is 2. The minimum absolute atomic E-state index is 0.0737. The normalized spacial score (nSPS) is 25.9. The highest BCUT2D eigenvalue weighted by Crippen LogP contribution is 2.46. The van der Waals surface area contributed by atoms with Crippen LogP contribution in [0.25, 0.3) is 10.2 Å². The van der Waals surface area contributed by atoms with E-state index in [-0.39, 0.29) is 12.1 Å². The van der Waals surface area contributed by atoms with Crippen LogP contribution in [-0.4, -0.2) is 58.1 Å². The van der Waals surface area contributed by atoms with E-state index in [1.165, 1.54) is 23.3 Å². The Hall–Kier alpha value is -2.20. The van der Waals surface area contributed by atoms with Gasteiger partial charge in [-0.15, -0.1) is 11.3 Å². The number of rotatable bonds is 5. The highest BCUT2D eigenvalue weighted by Gasteiger charge is 2.31. The second-order valence-electron chi connectivity index (χ2n) is 9.47. The molecule has 0 unspecified atom stereocenters. The topological polar surface area (TPSA) is 90.5 Å². The van der Waals surface area contributed by atoms with Gasteiger partial charge in [-0.3, -0.25) is 9.58 Å². The zero-order valence-electron chi connectivity index (χ0n) is 19.1. The fraction of sp³-hybridized carbons (Fsp3) is 0.583. The van der Waals surface area contributed by atoms with Gasteiger partial charge in [-0.2, -0.15) is 5.10 Å². The number of pyridine rings is 1. The van der Waals surface area contributed by atoms with Gasteiger partial charge >= 0.3 is 0 Å². The summed E-state index contributed by atoms with van der Waals surface area (Å²) in [6.07, 6.45) is 8.70. The molecule has 4 heterocycles. The number of nitrogens with two attached hydrogens (primary N) is 1. The van der Waals surface area contributed by atoms with Gasteiger partial charge in [-0.25, -0.2) is 4.98 Å². The van der Waals surface area contributed by atoms with Crippen LogP contribution in [0.2, 0.25) is 0 Å². The van der Waals surface area contributed by atoms with E-state index in [0.29, 0.717) is 6.04 Å². The average Bonchev–Trinajstić information content (AvgIpc) is 3.51. The van der Waals surface area contributed by atoms with Crippen molar-refractivity contribution in [2.45, 2.75) is 56.7 Å². The first kappa shape index (κ1) is 21.3. The molecule has 0 amide bonds. The van der Waals surface area contributed by atoms with Crippen LogP contribution < -0.4 is 15.8 Å². The van der Waals surface area contributed by atoms with Crippen molar-refractivity contribution < 1.29 is 9.47 Å². The molecule has 1 atom stereocenters. The van der Waals surface area contributed by atoms with Crippen LogP contribution in [0, 0.1) is 0 Å². The van der Waals surface area contributed by atoms with E-state index in [1.807, 2.05) is 25.4 Å². The predicted octanol–water partition coefficient (Wildman–Crippen LogP) is 3.74. The summed E-state index contributed by atoms with van der Waals surface area (Å²) in [6.45, 7) is 3.84. The van der Waals surface area contributed by atoms with E-state index in [2.05, 4.69) is 15.3 Å². The Balaban J connectivity index is 1.25. The molecule has 3 aromatic heterocycles. The van der Waals surface area contributed by atoms with Crippen molar-refractivity contribution in [3.8, 4) is 5.75 Å². The molecule has 6 rings (SSSR count). The lowest BCUT2D eigenvalue weighted by molar-refractivity contribution is -0.000914. The number of aromatic nitrogens is 3. The van der Waals surface area contributed by atoms with Gasteiger partial charge in [0.15, 0.2) is 5.82 Å². The summed E-state index contributed by atoms with van der Waals surface area (Å²) in [5, 5.41) is 8.92. The van der Waals surface area contributed by atoms with Gasteiger partial charge in [-0.1, -0.05) is 0 Å². The molecule has 3 aliphatic rings. The molecule has 0 radical (unpaired) electrons. The third-order valence-electron chi connectivity index (χ3n) is 7.26. The van der Waals surface area contributed by atoms with Gasteiger partial charge in [0.05, 0.1) is 24.7 Å². The summed E-state index contributed by atoms with van der Waals surface area (Å²) < 4.78 is 14.0. The number of ether oxygens (including phenoxy) is 2. The van der Waals surface area contributed by atoms with Gasteiger partial charge < -0.3 is 20.5 Å². The monoisotopic (exact) mass is 468 g/mol. The number of nitrogens with one attached hydrogen (secondary N) is 1. The van der Waals surface area contributed by atoms with Crippen molar-refractivity contribution in [2.24, 2.45) is 12.8 Å². The van der Waals surface area contributed by atoms with Crippen LogP contribution in [0.5, 0.6) is 5.75 Å². The number of morpholine rings is 1. The molecule has 33 heavy (non-hydrogen) atoms. The summed E-state index contributed by atoms with van der Waals surface area (Å²) in [5.41, 5.74) is 7.76. The zero-order chi connectivity index (χ0) is 22.4. The Morgan fingerprint density at radius 2 is 1.97 bits per heavy atom. The van der Waals surface area contributed by atoms with Crippen molar-refractivity contribution >= 4 is 33.2 Å². The minimum Gasteiger partial charge on any atom is -0.490 e. The maximum atomic E-state index is 6.72. The third-order valence-corrected chi connectivity index (χ3v) is 8.42. The molecule has 3 aromatic rings. The molecule has 8 nitrogen and oxygen atoms in total. The quantitative estimate of drug-likeness (QED) is 0.589. The van der Waals surface area contributed by atoms with Crippen molar-refractivity contribution in [3.63, 3.8) is 0 Å². The number of aryl methyl sites for hydroxylation is 2. The first-order valence-corrected chi connectivity index (χ1v) is 12.9. The molecule has 2 aliphatic carbocycles. The van der Waals surface area contributed by atoms with Crippen LogP contribution in [0.4, 0.5) is 11.6 Å². The molecule has 0 spiro atoms. The summed E-state index contributed by atoms with van der Waals surface area (Å²) >= 11 is 1.76. The first-order chi connectivity index (χ1) is 16.1. The van der Waals surface area contributed by atoms with E-state index in [0.717, 1.165) is 79.6 Å². The van der Waals surface area contributed by atoms with Crippen LogP contribution >= 0.6 is 11.3 Å². The van der Waals surface area contributed by atoms with Crippen molar-refractivity contribution in [2.75, 3.05) is 31.6 Å². The molecule has 176 valence electrons. The van der Waals surface area contributed by atoms with Crippen LogP contribution in [-0.2, 0) is 18.2 Å². The van der Waals surface area contributed by atoms with Gasteiger partial charge in [-0.05, 0) is 44.1 Å². The summed E-state index contributed by atoms with van der Waals surface area (Å²) in [7, 11) is 1.91. The van der Waals surface area contributed by atoms with E-state index < -0.39 is 0 Å². The standard InChI is InChI=1S/C24H32N6O2S/c1-29-9-8-20(28-29)26-21-14-18(23-22-17(25)6-7-19(22)33-24(23)27-21)32-16-4-2-15(3-5-16)30-10-12-31-13-11-30/h8-9,14-17H,2-7,10-13,25H2,1H3,(H,26,27,28)/t15-,16-,17-/m0/s1. The van der Waals surface area contributed by atoms with Crippen molar-refractivity contribution in [1.82, 2.24) is 19.7 Å². The van der Waals surface area contributed by atoms with Crippen LogP contribution in [0.3, 0.4) is 0 Å². The first-order valence-electron chi connectivity index (χ1n) is 12.1. The van der Waals surface area contributed by atoms with Crippen LogP contribution in [0.15, 0.2) is 18.3 Å². The Kier molecular flexibility index (Phi) is 5.73. The van der Waals surface area contributed by atoms with E-state index >= 15 is 0 Å². The number of nitrogens with zero attached hydrogens (tertiary/aromatic N) is 4. The SMILES string of the molecule is Cn1ccc(Nc2cc(O[C@H]3CC[C@H](N4CCOCC4)CC3)c3c4c(sc3n2)CC[C@@H]4N)n1. The number of hydrogen-bond donors (Lipinski definition) is 2. The highest BCUT2D eigenvalue weighted by molar-refractivity contribution is 7.19. The smallest absolute Gasteiger partial charge is 0.153 e. The molecule has 0 aromatic carbocycles. The molecule has 3 N–H and O–H groups in total. The molecule has 9 heteroatoms. The lowest BCUT2D eigenvalue weighted by Crippen LogP contribution is -2.46. The Labute approximate surface area is 198 Å². The third kappa shape index (κ3) is 4.23. The van der Waals surface area contributed by atoms with Crippen molar-refractivity contribution in [1.29, 1.82) is 0 Å². The fourth-order valence-electron chi connectivity index (χ4n) is 5.56. The van der Waals surface area contributed by atoms with Crippen LogP contribution in [0.1, 0.15) is 48.6 Å².